The molecule has 0 N–H and O–H groups in total. The quantitative estimate of drug-likeness (QED) is 0.773. The van der Waals surface area contributed by atoms with Crippen LogP contribution in [0.15, 0.2) is 40.0 Å². The van der Waals surface area contributed by atoms with Gasteiger partial charge in [0.05, 0.1) is 22.7 Å². The van der Waals surface area contributed by atoms with E-state index in [0.29, 0.717) is 23.7 Å². The number of aryl methyl sites for hydroxylation is 1. The lowest BCUT2D eigenvalue weighted by atomic mass is 10.0. The van der Waals surface area contributed by atoms with Crippen LogP contribution in [0.25, 0.3) is 0 Å². The number of ether oxygens (including phenoxy) is 1. The molecule has 1 aromatic carbocycles. The van der Waals surface area contributed by atoms with Crippen LogP contribution in [-0.4, -0.2) is 42.7 Å². The van der Waals surface area contributed by atoms with Gasteiger partial charge in [0.25, 0.3) is 0 Å². The summed E-state index contributed by atoms with van der Waals surface area (Å²) in [5.74, 6) is 0.977. The molecule has 124 valence electrons. The first-order valence-corrected chi connectivity index (χ1v) is 9.46. The fourth-order valence-corrected chi connectivity index (χ4v) is 4.70. The smallest absolute Gasteiger partial charge is 0.243 e. The van der Waals surface area contributed by atoms with Crippen LogP contribution in [0.3, 0.4) is 0 Å². The van der Waals surface area contributed by atoms with Crippen molar-refractivity contribution in [2.24, 2.45) is 5.92 Å². The Kier molecular flexibility index (Phi) is 4.48. The molecule has 3 rings (SSSR count). The molecular weight excluding hydrogens is 382 g/mol. The predicted molar refractivity (Wildman–Crippen MR) is 89.9 cm³/mol. The number of aromatic nitrogens is 2. The molecule has 0 unspecified atom stereocenters. The summed E-state index contributed by atoms with van der Waals surface area (Å²) in [5, 5.41) is 4.20. The molecule has 0 aliphatic carbocycles. The van der Waals surface area contributed by atoms with Crippen molar-refractivity contribution in [3.8, 4) is 5.75 Å². The molecule has 1 aromatic heterocycles. The lowest BCUT2D eigenvalue weighted by molar-refractivity contribution is 0.175. The average molecular weight is 400 g/mol. The Morgan fingerprint density at radius 2 is 2.13 bits per heavy atom. The van der Waals surface area contributed by atoms with Gasteiger partial charge in [0.15, 0.2) is 0 Å². The molecule has 0 amide bonds. The van der Waals surface area contributed by atoms with E-state index in [0.717, 1.165) is 16.6 Å². The standard InChI is InChI=1S/C15H18BrN3O3S/c1-11-5-14(3-4-15(11)22-2)23(20,21)19-8-12(9-19)7-18-10-13(16)6-17-18/h3-6,10,12H,7-9H2,1-2H3. The van der Waals surface area contributed by atoms with Crippen molar-refractivity contribution in [3.05, 3.63) is 40.6 Å². The van der Waals surface area contributed by atoms with Gasteiger partial charge in [0.1, 0.15) is 5.75 Å². The van der Waals surface area contributed by atoms with Crippen molar-refractivity contribution in [1.29, 1.82) is 0 Å². The number of hydrogen-bond acceptors (Lipinski definition) is 4. The third-order valence-corrected chi connectivity index (χ3v) is 6.21. The minimum Gasteiger partial charge on any atom is -0.496 e. The van der Waals surface area contributed by atoms with Crippen LogP contribution < -0.4 is 4.74 Å². The summed E-state index contributed by atoms with van der Waals surface area (Å²) in [6, 6.07) is 4.95. The number of benzene rings is 1. The number of sulfonamides is 1. The van der Waals surface area contributed by atoms with Crippen LogP contribution in [0.1, 0.15) is 5.56 Å². The van der Waals surface area contributed by atoms with E-state index in [1.54, 1.807) is 31.5 Å². The molecule has 0 atom stereocenters. The topological polar surface area (TPSA) is 64.4 Å². The second-order valence-corrected chi connectivity index (χ2v) is 8.55. The van der Waals surface area contributed by atoms with Gasteiger partial charge in [-0.1, -0.05) is 0 Å². The van der Waals surface area contributed by atoms with E-state index in [1.807, 2.05) is 17.8 Å². The highest BCUT2D eigenvalue weighted by Crippen LogP contribution is 2.29. The molecule has 1 saturated heterocycles. The lowest BCUT2D eigenvalue weighted by Gasteiger charge is -2.38. The number of nitrogens with zero attached hydrogens (tertiary/aromatic N) is 3. The Labute approximate surface area is 144 Å². The highest BCUT2D eigenvalue weighted by molar-refractivity contribution is 9.10. The maximum Gasteiger partial charge on any atom is 0.243 e. The van der Waals surface area contributed by atoms with Crippen LogP contribution in [-0.2, 0) is 16.6 Å². The van der Waals surface area contributed by atoms with E-state index in [-0.39, 0.29) is 5.92 Å². The van der Waals surface area contributed by atoms with E-state index in [1.165, 1.54) is 4.31 Å². The van der Waals surface area contributed by atoms with Crippen molar-refractivity contribution in [2.45, 2.75) is 18.4 Å². The Balaban J connectivity index is 1.67. The third-order valence-electron chi connectivity index (χ3n) is 3.97. The molecule has 0 spiro atoms. The Morgan fingerprint density at radius 3 is 2.70 bits per heavy atom. The largest absolute Gasteiger partial charge is 0.496 e. The molecule has 0 radical (unpaired) electrons. The molecule has 0 bridgehead atoms. The molecule has 1 fully saturated rings. The Morgan fingerprint density at radius 1 is 1.39 bits per heavy atom. The molecule has 8 heteroatoms. The van der Waals surface area contributed by atoms with Crippen molar-refractivity contribution >= 4 is 26.0 Å². The second-order valence-electron chi connectivity index (χ2n) is 5.70. The Bertz CT molecular complexity index is 813. The van der Waals surface area contributed by atoms with Gasteiger partial charge in [-0.2, -0.15) is 9.40 Å². The van der Waals surface area contributed by atoms with Crippen molar-refractivity contribution in [3.63, 3.8) is 0 Å². The molecule has 0 saturated carbocycles. The third kappa shape index (κ3) is 3.29. The molecule has 6 nitrogen and oxygen atoms in total. The summed E-state index contributed by atoms with van der Waals surface area (Å²) in [6.45, 7) is 3.60. The molecular formula is C15H18BrN3O3S. The van der Waals surface area contributed by atoms with Crippen LogP contribution in [0.5, 0.6) is 5.75 Å². The summed E-state index contributed by atoms with van der Waals surface area (Å²) in [6.07, 6.45) is 3.62. The van der Waals surface area contributed by atoms with E-state index >= 15 is 0 Å². The van der Waals surface area contributed by atoms with Gasteiger partial charge >= 0.3 is 0 Å². The lowest BCUT2D eigenvalue weighted by Crippen LogP contribution is -2.51. The second kappa shape index (κ2) is 6.26. The zero-order valence-corrected chi connectivity index (χ0v) is 15.3. The van der Waals surface area contributed by atoms with Gasteiger partial charge in [-0.15, -0.1) is 0 Å². The summed E-state index contributed by atoms with van der Waals surface area (Å²) in [5.41, 5.74) is 0.812. The summed E-state index contributed by atoms with van der Waals surface area (Å²) >= 11 is 3.35. The number of halogens is 1. The van der Waals surface area contributed by atoms with E-state index in [9.17, 15) is 8.42 Å². The van der Waals surface area contributed by atoms with Crippen molar-refractivity contribution < 1.29 is 13.2 Å². The van der Waals surface area contributed by atoms with Crippen molar-refractivity contribution in [2.75, 3.05) is 20.2 Å². The molecule has 2 aromatic rings. The minimum absolute atomic E-state index is 0.288. The molecule has 23 heavy (non-hydrogen) atoms. The number of hydrogen-bond donors (Lipinski definition) is 0. The van der Waals surface area contributed by atoms with Crippen LogP contribution in [0.2, 0.25) is 0 Å². The monoisotopic (exact) mass is 399 g/mol. The van der Waals surface area contributed by atoms with Gasteiger partial charge in [-0.3, -0.25) is 4.68 Å². The van der Waals surface area contributed by atoms with Crippen LogP contribution in [0.4, 0.5) is 0 Å². The summed E-state index contributed by atoms with van der Waals surface area (Å²) < 4.78 is 34.7. The zero-order valence-electron chi connectivity index (χ0n) is 12.9. The number of rotatable bonds is 5. The van der Waals surface area contributed by atoms with Crippen molar-refractivity contribution in [1.82, 2.24) is 14.1 Å². The van der Waals surface area contributed by atoms with Gasteiger partial charge in [-0.25, -0.2) is 8.42 Å². The SMILES string of the molecule is COc1ccc(S(=O)(=O)N2CC(Cn3cc(Br)cn3)C2)cc1C. The van der Waals surface area contributed by atoms with E-state index < -0.39 is 10.0 Å². The summed E-state index contributed by atoms with van der Waals surface area (Å²) in [7, 11) is -1.86. The maximum absolute atomic E-state index is 12.6. The number of methoxy groups -OCH3 is 1. The van der Waals surface area contributed by atoms with Crippen LogP contribution in [0, 0.1) is 12.8 Å². The highest BCUT2D eigenvalue weighted by Gasteiger charge is 2.37. The van der Waals surface area contributed by atoms with Gasteiger partial charge in [-0.05, 0) is 46.6 Å². The first-order chi connectivity index (χ1) is 10.9. The summed E-state index contributed by atoms with van der Waals surface area (Å²) in [4.78, 5) is 0.316. The first kappa shape index (κ1) is 16.5. The van der Waals surface area contributed by atoms with Gasteiger partial charge in [0.2, 0.25) is 10.0 Å². The fourth-order valence-electron chi connectivity index (χ4n) is 2.70. The highest BCUT2D eigenvalue weighted by atomic mass is 79.9. The normalized spacial score (nSPS) is 16.3. The van der Waals surface area contributed by atoms with Gasteiger partial charge < -0.3 is 4.74 Å². The minimum atomic E-state index is -3.43. The molecule has 1 aliphatic rings. The average Bonchev–Trinajstić information content (AvgIpc) is 2.87. The van der Waals surface area contributed by atoms with E-state index in [4.69, 9.17) is 4.74 Å². The fraction of sp³-hybridized carbons (Fsp3) is 0.400. The molecule has 2 heterocycles. The van der Waals surface area contributed by atoms with Gasteiger partial charge in [0, 0.05) is 31.7 Å². The van der Waals surface area contributed by atoms with E-state index in [2.05, 4.69) is 21.0 Å². The van der Waals surface area contributed by atoms with Crippen LogP contribution >= 0.6 is 15.9 Å². The maximum atomic E-state index is 12.6. The Hall–Kier alpha value is -1.38. The molecule has 1 aliphatic heterocycles. The first-order valence-electron chi connectivity index (χ1n) is 7.23. The zero-order chi connectivity index (χ0) is 16.6. The predicted octanol–water partition coefficient (Wildman–Crippen LogP) is 2.28.